The lowest BCUT2D eigenvalue weighted by Gasteiger charge is -2.15. The van der Waals surface area contributed by atoms with E-state index >= 15 is 0 Å². The quantitative estimate of drug-likeness (QED) is 0.486. The van der Waals surface area contributed by atoms with E-state index in [1.54, 1.807) is 18.2 Å². The molecule has 5 rings (SSSR count). The summed E-state index contributed by atoms with van der Waals surface area (Å²) in [7, 11) is 1.77. The molecular formula is C22H18N4O2. The fourth-order valence-electron chi connectivity index (χ4n) is 3.48. The van der Waals surface area contributed by atoms with Crippen molar-refractivity contribution in [3.05, 3.63) is 78.3 Å². The van der Waals surface area contributed by atoms with Gasteiger partial charge in [0.25, 0.3) is 5.91 Å². The molecule has 138 valence electrons. The van der Waals surface area contributed by atoms with Gasteiger partial charge in [-0.15, -0.1) is 0 Å². The Morgan fingerprint density at radius 1 is 1.07 bits per heavy atom. The number of nitrogens with zero attached hydrogens (tertiary/aromatic N) is 2. The van der Waals surface area contributed by atoms with Gasteiger partial charge in [-0.3, -0.25) is 9.89 Å². The molecule has 0 unspecified atom stereocenters. The number of aromatic nitrogens is 3. The first-order valence-corrected chi connectivity index (χ1v) is 9.03. The van der Waals surface area contributed by atoms with Gasteiger partial charge in [0.15, 0.2) is 0 Å². The maximum Gasteiger partial charge on any atom is 0.254 e. The van der Waals surface area contributed by atoms with Gasteiger partial charge in [0, 0.05) is 28.9 Å². The van der Waals surface area contributed by atoms with Gasteiger partial charge in [-0.2, -0.15) is 5.10 Å². The molecule has 0 aliphatic rings. The van der Waals surface area contributed by atoms with Crippen LogP contribution in [-0.2, 0) is 6.54 Å². The normalized spacial score (nSPS) is 11.3. The summed E-state index contributed by atoms with van der Waals surface area (Å²) in [6, 6.07) is 19.4. The van der Waals surface area contributed by atoms with E-state index in [9.17, 15) is 4.79 Å². The van der Waals surface area contributed by atoms with Crippen molar-refractivity contribution in [2.24, 2.45) is 0 Å². The van der Waals surface area contributed by atoms with Crippen molar-refractivity contribution in [3.63, 3.8) is 0 Å². The minimum Gasteiger partial charge on any atom is -0.467 e. The van der Waals surface area contributed by atoms with Crippen LogP contribution in [0, 0.1) is 0 Å². The zero-order chi connectivity index (χ0) is 19.1. The van der Waals surface area contributed by atoms with Crippen LogP contribution >= 0.6 is 0 Å². The van der Waals surface area contributed by atoms with Crippen molar-refractivity contribution in [1.82, 2.24) is 20.1 Å². The van der Waals surface area contributed by atoms with E-state index in [-0.39, 0.29) is 5.91 Å². The molecule has 0 saturated carbocycles. The molecule has 5 aromatic rings. The minimum absolute atomic E-state index is 0.0559. The third kappa shape index (κ3) is 2.75. The topological polar surface area (TPSA) is 77.9 Å². The fourth-order valence-corrected chi connectivity index (χ4v) is 3.48. The molecule has 2 N–H and O–H groups in total. The highest BCUT2D eigenvalue weighted by Gasteiger charge is 2.15. The first kappa shape index (κ1) is 16.4. The first-order chi connectivity index (χ1) is 13.7. The second-order valence-electron chi connectivity index (χ2n) is 6.84. The molecule has 3 aromatic heterocycles. The number of carbonyl (C=O) groups excluding carboxylic acids is 1. The second kappa shape index (κ2) is 6.42. The van der Waals surface area contributed by atoms with Gasteiger partial charge in [0.2, 0.25) is 0 Å². The molecule has 6 nitrogen and oxygen atoms in total. The van der Waals surface area contributed by atoms with Crippen LogP contribution in [-0.4, -0.2) is 33.0 Å². The average Bonchev–Trinajstić information content (AvgIpc) is 3.45. The predicted octanol–water partition coefficient (Wildman–Crippen LogP) is 4.58. The molecule has 28 heavy (non-hydrogen) atoms. The molecular weight excluding hydrogens is 352 g/mol. The molecule has 0 spiro atoms. The van der Waals surface area contributed by atoms with Crippen molar-refractivity contribution in [3.8, 4) is 11.4 Å². The van der Waals surface area contributed by atoms with Gasteiger partial charge < -0.3 is 14.3 Å². The van der Waals surface area contributed by atoms with Crippen LogP contribution in [0.1, 0.15) is 16.1 Å². The average molecular weight is 370 g/mol. The van der Waals surface area contributed by atoms with Gasteiger partial charge in [0.1, 0.15) is 11.5 Å². The largest absolute Gasteiger partial charge is 0.467 e. The Morgan fingerprint density at radius 2 is 1.96 bits per heavy atom. The number of hydrogen-bond donors (Lipinski definition) is 2. The number of H-pyrrole nitrogens is 2. The zero-order valence-corrected chi connectivity index (χ0v) is 15.3. The smallest absolute Gasteiger partial charge is 0.254 e. The minimum atomic E-state index is -0.0559. The molecule has 0 aliphatic heterocycles. The molecule has 1 amide bonds. The van der Waals surface area contributed by atoms with E-state index in [4.69, 9.17) is 4.42 Å². The van der Waals surface area contributed by atoms with Crippen molar-refractivity contribution in [2.75, 3.05) is 7.05 Å². The van der Waals surface area contributed by atoms with Crippen molar-refractivity contribution < 1.29 is 9.21 Å². The van der Waals surface area contributed by atoms with Crippen LogP contribution in [0.15, 0.2) is 71.3 Å². The van der Waals surface area contributed by atoms with Crippen LogP contribution in [0.2, 0.25) is 0 Å². The predicted molar refractivity (Wildman–Crippen MR) is 108 cm³/mol. The van der Waals surface area contributed by atoms with Crippen molar-refractivity contribution >= 4 is 27.7 Å². The monoisotopic (exact) mass is 370 g/mol. The van der Waals surface area contributed by atoms with Crippen LogP contribution in [0.3, 0.4) is 0 Å². The summed E-state index contributed by atoms with van der Waals surface area (Å²) in [5, 5.41) is 9.60. The molecule has 3 heterocycles. The fraction of sp³-hybridized carbons (Fsp3) is 0.0909. The lowest BCUT2D eigenvalue weighted by molar-refractivity contribution is 0.0775. The SMILES string of the molecule is CN(Cc1ccco1)C(=O)c1ccc2cc(-c3n[nH]c4ccccc34)[nH]c2c1. The number of rotatable bonds is 4. The number of hydrogen-bond acceptors (Lipinski definition) is 3. The highest BCUT2D eigenvalue weighted by Crippen LogP contribution is 2.29. The number of nitrogens with one attached hydrogen (secondary N) is 2. The molecule has 0 saturated heterocycles. The van der Waals surface area contributed by atoms with E-state index in [0.717, 1.165) is 39.0 Å². The molecule has 0 fully saturated rings. The van der Waals surface area contributed by atoms with E-state index in [2.05, 4.69) is 21.2 Å². The molecule has 0 bridgehead atoms. The number of aromatic amines is 2. The number of benzene rings is 2. The highest BCUT2D eigenvalue weighted by atomic mass is 16.3. The molecule has 0 atom stereocenters. The van der Waals surface area contributed by atoms with Crippen molar-refractivity contribution in [2.45, 2.75) is 6.54 Å². The van der Waals surface area contributed by atoms with E-state index < -0.39 is 0 Å². The summed E-state index contributed by atoms with van der Waals surface area (Å²) in [6.07, 6.45) is 1.61. The van der Waals surface area contributed by atoms with Crippen LogP contribution in [0.5, 0.6) is 0 Å². The number of amides is 1. The van der Waals surface area contributed by atoms with Crippen molar-refractivity contribution in [1.29, 1.82) is 0 Å². The summed E-state index contributed by atoms with van der Waals surface area (Å²) in [6.45, 7) is 0.430. The third-order valence-corrected chi connectivity index (χ3v) is 4.91. The van der Waals surface area contributed by atoms with E-state index in [0.29, 0.717) is 12.1 Å². The number of carbonyl (C=O) groups is 1. The van der Waals surface area contributed by atoms with Gasteiger partial charge in [-0.25, -0.2) is 0 Å². The third-order valence-electron chi connectivity index (χ3n) is 4.91. The zero-order valence-electron chi connectivity index (χ0n) is 15.3. The van der Waals surface area contributed by atoms with E-state index in [1.807, 2.05) is 54.6 Å². The number of furan rings is 1. The van der Waals surface area contributed by atoms with Gasteiger partial charge in [-0.1, -0.05) is 24.3 Å². The standard InChI is InChI=1S/C22H18N4O2/c1-26(13-16-5-4-10-28-16)22(27)15-9-8-14-11-20(23-19(14)12-15)21-17-6-2-3-7-18(17)24-25-21/h2-12,23H,13H2,1H3,(H,24,25). The Hall–Kier alpha value is -3.80. The molecule has 0 radical (unpaired) electrons. The van der Waals surface area contributed by atoms with Gasteiger partial charge in [-0.05, 0) is 36.4 Å². The molecule has 0 aliphatic carbocycles. The number of fused-ring (bicyclic) bond motifs is 2. The lowest BCUT2D eigenvalue weighted by atomic mass is 10.1. The summed E-state index contributed by atoms with van der Waals surface area (Å²) < 4.78 is 5.33. The summed E-state index contributed by atoms with van der Waals surface area (Å²) in [5.41, 5.74) is 4.31. The van der Waals surface area contributed by atoms with Gasteiger partial charge >= 0.3 is 0 Å². The Labute approximate surface area is 160 Å². The summed E-state index contributed by atoms with van der Waals surface area (Å²) >= 11 is 0. The van der Waals surface area contributed by atoms with Gasteiger partial charge in [0.05, 0.1) is 24.0 Å². The maximum atomic E-state index is 12.8. The van der Waals surface area contributed by atoms with E-state index in [1.165, 1.54) is 0 Å². The Bertz CT molecular complexity index is 1280. The van der Waals surface area contributed by atoms with Crippen LogP contribution in [0.4, 0.5) is 0 Å². The molecule has 2 aromatic carbocycles. The van der Waals surface area contributed by atoms with Crippen LogP contribution in [0.25, 0.3) is 33.2 Å². The molecule has 6 heteroatoms. The Morgan fingerprint density at radius 3 is 2.82 bits per heavy atom. The number of para-hydroxylation sites is 1. The Kier molecular flexibility index (Phi) is 3.76. The highest BCUT2D eigenvalue weighted by molar-refractivity contribution is 6.00. The second-order valence-corrected chi connectivity index (χ2v) is 6.84. The summed E-state index contributed by atoms with van der Waals surface area (Å²) in [5.74, 6) is 0.698. The van der Waals surface area contributed by atoms with Crippen LogP contribution < -0.4 is 0 Å². The first-order valence-electron chi connectivity index (χ1n) is 9.03. The Balaban J connectivity index is 1.47. The maximum absolute atomic E-state index is 12.8. The lowest BCUT2D eigenvalue weighted by Crippen LogP contribution is -2.25. The summed E-state index contributed by atoms with van der Waals surface area (Å²) in [4.78, 5) is 17.8.